The molecule has 4 rings (SSSR count). The minimum atomic E-state index is -0.399. The van der Waals surface area contributed by atoms with Gasteiger partial charge < -0.3 is 9.31 Å². The van der Waals surface area contributed by atoms with Crippen LogP contribution in [-0.4, -0.2) is 33.1 Å². The zero-order valence-electron chi connectivity index (χ0n) is 16.7. The Bertz CT molecular complexity index is 820. The lowest BCUT2D eigenvalue weighted by Crippen LogP contribution is -2.41. The Labute approximate surface area is 166 Å². The molecule has 27 heavy (non-hydrogen) atoms. The second-order valence-corrected chi connectivity index (χ2v) is 9.52. The molecule has 7 heteroatoms. The van der Waals surface area contributed by atoms with E-state index in [9.17, 15) is 0 Å². The van der Waals surface area contributed by atoms with Crippen molar-refractivity contribution in [1.29, 1.82) is 0 Å². The van der Waals surface area contributed by atoms with Crippen molar-refractivity contribution in [1.82, 2.24) is 14.8 Å². The summed E-state index contributed by atoms with van der Waals surface area (Å²) in [7, 11) is -0.399. The third-order valence-electron chi connectivity index (χ3n) is 6.57. The number of aromatic nitrogens is 3. The van der Waals surface area contributed by atoms with Crippen LogP contribution < -0.4 is 5.46 Å². The van der Waals surface area contributed by atoms with Crippen molar-refractivity contribution >= 4 is 24.2 Å². The smallest absolute Gasteiger partial charge is 0.399 e. The Morgan fingerprint density at radius 3 is 2.41 bits per heavy atom. The summed E-state index contributed by atoms with van der Waals surface area (Å²) in [6.07, 6.45) is 5.80. The van der Waals surface area contributed by atoms with Crippen LogP contribution in [0.4, 0.5) is 0 Å². The fraction of sp³-hybridized carbons (Fsp3) is 0.600. The van der Waals surface area contributed by atoms with Gasteiger partial charge in [-0.25, -0.2) is 4.98 Å². The van der Waals surface area contributed by atoms with E-state index in [2.05, 4.69) is 56.8 Å². The van der Waals surface area contributed by atoms with E-state index in [1.165, 1.54) is 12.8 Å². The summed E-state index contributed by atoms with van der Waals surface area (Å²) < 4.78 is 14.2. The molecule has 0 spiro atoms. The van der Waals surface area contributed by atoms with Crippen LogP contribution in [0.3, 0.4) is 0 Å². The highest BCUT2D eigenvalue weighted by Gasteiger charge is 2.52. The second-order valence-electron chi connectivity index (χ2n) is 9.11. The monoisotopic (exact) mass is 387 g/mol. The Balaban J connectivity index is 1.63. The molecule has 0 bridgehead atoms. The Morgan fingerprint density at radius 1 is 1.22 bits per heavy atom. The molecule has 144 valence electrons. The predicted octanol–water partition coefficient (Wildman–Crippen LogP) is 3.60. The van der Waals surface area contributed by atoms with E-state index >= 15 is 0 Å². The van der Waals surface area contributed by atoms with E-state index in [1.807, 2.05) is 10.7 Å². The van der Waals surface area contributed by atoms with Crippen molar-refractivity contribution in [3.8, 4) is 0 Å². The first-order valence-corrected chi connectivity index (χ1v) is 9.98. The molecule has 0 N–H and O–H groups in total. The minimum absolute atomic E-state index is 0.0702. The van der Waals surface area contributed by atoms with Gasteiger partial charge in [-0.1, -0.05) is 30.7 Å². The van der Waals surface area contributed by atoms with Gasteiger partial charge in [0, 0.05) is 10.4 Å². The maximum atomic E-state index is 6.79. The molecule has 1 aromatic heterocycles. The van der Waals surface area contributed by atoms with Crippen molar-refractivity contribution < 1.29 is 9.31 Å². The van der Waals surface area contributed by atoms with Crippen LogP contribution in [0.15, 0.2) is 30.9 Å². The molecular formula is C20H27BClN3O2. The van der Waals surface area contributed by atoms with Crippen LogP contribution in [0.5, 0.6) is 0 Å². The van der Waals surface area contributed by atoms with E-state index in [4.69, 9.17) is 20.9 Å². The van der Waals surface area contributed by atoms with Gasteiger partial charge >= 0.3 is 7.12 Å². The summed E-state index contributed by atoms with van der Waals surface area (Å²) in [5.74, 6) is 0.613. The Hall–Kier alpha value is -1.37. The molecule has 1 unspecified atom stereocenters. The number of rotatable bonds is 5. The molecule has 1 aliphatic carbocycles. The zero-order valence-corrected chi connectivity index (χ0v) is 17.5. The highest BCUT2D eigenvalue weighted by molar-refractivity contribution is 6.62. The van der Waals surface area contributed by atoms with Gasteiger partial charge in [0.15, 0.2) is 0 Å². The first-order chi connectivity index (χ1) is 12.6. The minimum Gasteiger partial charge on any atom is -0.399 e. The molecule has 0 radical (unpaired) electrons. The topological polar surface area (TPSA) is 49.2 Å². The van der Waals surface area contributed by atoms with Crippen LogP contribution in [0.25, 0.3) is 0 Å². The van der Waals surface area contributed by atoms with Crippen molar-refractivity contribution in [2.24, 2.45) is 5.92 Å². The van der Waals surface area contributed by atoms with Crippen molar-refractivity contribution in [2.75, 3.05) is 0 Å². The molecule has 0 amide bonds. The molecule has 1 aromatic carbocycles. The van der Waals surface area contributed by atoms with Crippen LogP contribution in [-0.2, 0) is 21.3 Å². The number of benzene rings is 1. The van der Waals surface area contributed by atoms with Crippen LogP contribution >= 0.6 is 11.6 Å². The molecule has 1 aliphatic heterocycles. The molecule has 5 nitrogen and oxygen atoms in total. The van der Waals surface area contributed by atoms with Crippen LogP contribution in [0.2, 0.25) is 5.02 Å². The van der Waals surface area contributed by atoms with E-state index in [1.54, 1.807) is 12.7 Å². The normalized spacial score (nSPS) is 23.4. The highest BCUT2D eigenvalue weighted by Crippen LogP contribution is 2.49. The summed E-state index contributed by atoms with van der Waals surface area (Å²) in [5.41, 5.74) is 1.32. The SMILES string of the molecule is CC(Cn1cncn1)(c1ccc(B2OC(C)(C)C(C)(C)O2)cc1Cl)C1CC1. The standard InChI is InChI=1S/C20H27BClN3O2/c1-18(2)19(3,4)27-21(26-18)15-8-9-16(17(22)10-15)20(5,14-6-7-14)11-25-13-23-12-24-25/h8-10,12-14H,6-7,11H2,1-5H3. The van der Waals surface area contributed by atoms with E-state index < -0.39 is 7.12 Å². The molecule has 2 aromatic rings. The van der Waals surface area contributed by atoms with E-state index in [0.29, 0.717) is 5.92 Å². The Kier molecular flexibility index (Phi) is 4.45. The number of hydrogen-bond donors (Lipinski definition) is 0. The summed E-state index contributed by atoms with van der Waals surface area (Å²) in [5, 5.41) is 5.06. The van der Waals surface area contributed by atoms with Crippen molar-refractivity contribution in [2.45, 2.75) is 70.6 Å². The zero-order chi connectivity index (χ0) is 19.4. The van der Waals surface area contributed by atoms with E-state index in [0.717, 1.165) is 22.6 Å². The van der Waals surface area contributed by atoms with Crippen molar-refractivity contribution in [3.63, 3.8) is 0 Å². The number of nitrogens with zero attached hydrogens (tertiary/aromatic N) is 3. The Morgan fingerprint density at radius 2 is 1.89 bits per heavy atom. The maximum absolute atomic E-state index is 6.79. The third kappa shape index (κ3) is 3.32. The fourth-order valence-electron chi connectivity index (χ4n) is 3.93. The number of halogens is 1. The second kappa shape index (κ2) is 6.33. The molecular weight excluding hydrogens is 361 g/mol. The van der Waals surface area contributed by atoms with Gasteiger partial charge in [0.2, 0.25) is 0 Å². The lowest BCUT2D eigenvalue weighted by molar-refractivity contribution is 0.00578. The lowest BCUT2D eigenvalue weighted by atomic mass is 9.74. The van der Waals surface area contributed by atoms with Gasteiger partial charge in [0.05, 0.1) is 17.7 Å². The largest absolute Gasteiger partial charge is 0.494 e. The average molecular weight is 388 g/mol. The average Bonchev–Trinajstić information content (AvgIpc) is 3.27. The van der Waals surface area contributed by atoms with Gasteiger partial charge in [-0.05, 0) is 63.5 Å². The fourth-order valence-corrected chi connectivity index (χ4v) is 4.33. The molecule has 2 fully saturated rings. The quantitative estimate of drug-likeness (QED) is 0.736. The predicted molar refractivity (Wildman–Crippen MR) is 107 cm³/mol. The third-order valence-corrected chi connectivity index (χ3v) is 6.88. The molecule has 1 saturated heterocycles. The lowest BCUT2D eigenvalue weighted by Gasteiger charge is -2.32. The molecule has 2 heterocycles. The van der Waals surface area contributed by atoms with Crippen LogP contribution in [0, 0.1) is 5.92 Å². The molecule has 1 atom stereocenters. The van der Waals surface area contributed by atoms with Gasteiger partial charge in [0.25, 0.3) is 0 Å². The van der Waals surface area contributed by atoms with Gasteiger partial charge in [-0.2, -0.15) is 5.10 Å². The maximum Gasteiger partial charge on any atom is 0.494 e. The van der Waals surface area contributed by atoms with Gasteiger partial charge in [0.1, 0.15) is 12.7 Å². The first kappa shape index (κ1) is 19.0. The molecule has 1 saturated carbocycles. The van der Waals surface area contributed by atoms with E-state index in [-0.39, 0.29) is 16.6 Å². The van der Waals surface area contributed by atoms with Crippen LogP contribution in [0.1, 0.15) is 53.0 Å². The first-order valence-electron chi connectivity index (χ1n) is 9.60. The summed E-state index contributed by atoms with van der Waals surface area (Å²) in [6.45, 7) is 11.3. The summed E-state index contributed by atoms with van der Waals surface area (Å²) in [6, 6.07) is 6.23. The number of hydrogen-bond acceptors (Lipinski definition) is 4. The summed E-state index contributed by atoms with van der Waals surface area (Å²) in [4.78, 5) is 4.08. The molecule has 2 aliphatic rings. The van der Waals surface area contributed by atoms with Gasteiger partial charge in [-0.3, -0.25) is 4.68 Å². The van der Waals surface area contributed by atoms with Gasteiger partial charge in [-0.15, -0.1) is 0 Å². The highest BCUT2D eigenvalue weighted by atomic mass is 35.5. The van der Waals surface area contributed by atoms with Crippen molar-refractivity contribution in [3.05, 3.63) is 41.4 Å². The summed E-state index contributed by atoms with van der Waals surface area (Å²) >= 11 is 6.79.